The Balaban J connectivity index is 0.00000144. The topological polar surface area (TPSA) is 13.1 Å². The van der Waals surface area contributed by atoms with E-state index in [1.165, 1.54) is 16.7 Å². The van der Waals surface area contributed by atoms with Crippen molar-refractivity contribution in [1.29, 1.82) is 0 Å². The summed E-state index contributed by atoms with van der Waals surface area (Å²) in [7, 11) is 0. The Hall–Kier alpha value is -1.35. The average Bonchev–Trinajstić information content (AvgIpc) is 2.27. The summed E-state index contributed by atoms with van der Waals surface area (Å²) >= 11 is 0. The Morgan fingerprint density at radius 2 is 1.59 bits per heavy atom. The van der Waals surface area contributed by atoms with Gasteiger partial charge in [-0.1, -0.05) is 30.3 Å². The second-order valence-electron chi connectivity index (χ2n) is 4.01. The van der Waals surface area contributed by atoms with Crippen molar-refractivity contribution in [1.82, 2.24) is 0 Å². The van der Waals surface area contributed by atoms with Crippen LogP contribution in [0.15, 0.2) is 48.8 Å². The highest BCUT2D eigenvalue weighted by Crippen LogP contribution is 1.99. The maximum Gasteiger partial charge on any atom is 0.225 e. The number of hydrogen-bond donors (Lipinski definition) is 0. The largest absolute Gasteiger partial charge is 1.00 e. The third kappa shape index (κ3) is 4.19. The average molecular weight is 294 g/mol. The van der Waals surface area contributed by atoms with E-state index in [0.29, 0.717) is 6.61 Å². The molecular weight excluding hydrogens is 278 g/mol. The molecule has 0 saturated heterocycles. The van der Waals surface area contributed by atoms with E-state index in [-0.39, 0.29) is 17.0 Å². The second kappa shape index (κ2) is 6.40. The summed E-state index contributed by atoms with van der Waals surface area (Å²) < 4.78 is 1.78. The van der Waals surface area contributed by atoms with Gasteiger partial charge in [0.05, 0.1) is 0 Å². The number of halogens is 1. The molecule has 0 aliphatic heterocycles. The summed E-state index contributed by atoms with van der Waals surface area (Å²) in [5.74, 6) is 0. The van der Waals surface area contributed by atoms with Crippen LogP contribution in [0.1, 0.15) is 16.7 Å². The zero-order chi connectivity index (χ0) is 11.4. The molecule has 0 aliphatic carbocycles. The smallest absolute Gasteiger partial charge is 0.225 e. The SMILES string of the molecule is Cc1cc(C)c[n+](OCc2ccccc2)c1.[Br-]. The van der Waals surface area contributed by atoms with Gasteiger partial charge in [0, 0.05) is 15.9 Å². The minimum absolute atomic E-state index is 0. The van der Waals surface area contributed by atoms with Crippen LogP contribution < -0.4 is 26.5 Å². The van der Waals surface area contributed by atoms with E-state index in [4.69, 9.17) is 4.84 Å². The Kier molecular flexibility index (Phi) is 5.16. The van der Waals surface area contributed by atoms with Crippen molar-refractivity contribution in [3.63, 3.8) is 0 Å². The lowest BCUT2D eigenvalue weighted by Gasteiger charge is -2.00. The number of aromatic nitrogens is 1. The standard InChI is InChI=1S/C14H16NO.BrH/c1-12-8-13(2)10-15(9-12)16-11-14-6-4-3-5-7-14;/h3-10H,11H2,1-2H3;1H/q+1;/p-1. The van der Waals surface area contributed by atoms with Gasteiger partial charge in [0.15, 0.2) is 6.61 Å². The minimum Gasteiger partial charge on any atom is -1.00 e. The second-order valence-corrected chi connectivity index (χ2v) is 4.01. The van der Waals surface area contributed by atoms with Gasteiger partial charge in [-0.05, 0) is 25.5 Å². The molecule has 1 aromatic carbocycles. The quantitative estimate of drug-likeness (QED) is 0.677. The molecule has 2 rings (SSSR count). The van der Waals surface area contributed by atoms with E-state index in [1.54, 1.807) is 4.73 Å². The van der Waals surface area contributed by atoms with E-state index in [0.717, 1.165) is 0 Å². The van der Waals surface area contributed by atoms with Gasteiger partial charge in [-0.15, -0.1) is 0 Å². The normalized spacial score (nSPS) is 9.53. The van der Waals surface area contributed by atoms with Crippen molar-refractivity contribution in [2.24, 2.45) is 0 Å². The summed E-state index contributed by atoms with van der Waals surface area (Å²) in [6.45, 7) is 4.72. The molecule has 0 fully saturated rings. The summed E-state index contributed by atoms with van der Waals surface area (Å²) in [6.07, 6.45) is 3.96. The number of nitrogens with zero attached hydrogens (tertiary/aromatic N) is 1. The molecule has 2 aromatic rings. The summed E-state index contributed by atoms with van der Waals surface area (Å²) in [5.41, 5.74) is 3.58. The highest BCUT2D eigenvalue weighted by molar-refractivity contribution is 5.13. The van der Waals surface area contributed by atoms with E-state index in [2.05, 4.69) is 32.0 Å². The molecule has 0 aliphatic rings. The van der Waals surface area contributed by atoms with Crippen molar-refractivity contribution in [2.45, 2.75) is 20.5 Å². The van der Waals surface area contributed by atoms with Gasteiger partial charge in [0.1, 0.15) is 0 Å². The molecule has 0 radical (unpaired) electrons. The molecule has 0 bridgehead atoms. The zero-order valence-electron chi connectivity index (χ0n) is 10.1. The van der Waals surface area contributed by atoms with Crippen LogP contribution in [0.3, 0.4) is 0 Å². The number of benzene rings is 1. The first kappa shape index (κ1) is 13.7. The third-order valence-corrected chi connectivity index (χ3v) is 2.34. The summed E-state index contributed by atoms with van der Waals surface area (Å²) in [6, 6.07) is 12.3. The van der Waals surface area contributed by atoms with Gasteiger partial charge < -0.3 is 17.0 Å². The first-order valence-corrected chi connectivity index (χ1v) is 5.41. The van der Waals surface area contributed by atoms with Crippen LogP contribution in [0.4, 0.5) is 0 Å². The van der Waals surface area contributed by atoms with Crippen molar-refractivity contribution < 1.29 is 26.5 Å². The van der Waals surface area contributed by atoms with Gasteiger partial charge in [-0.3, -0.25) is 4.84 Å². The van der Waals surface area contributed by atoms with Gasteiger partial charge in [0.2, 0.25) is 12.4 Å². The molecule has 0 spiro atoms. The van der Waals surface area contributed by atoms with E-state index in [1.807, 2.05) is 30.6 Å². The molecule has 17 heavy (non-hydrogen) atoms. The molecule has 1 heterocycles. The van der Waals surface area contributed by atoms with Gasteiger partial charge >= 0.3 is 0 Å². The van der Waals surface area contributed by atoms with Crippen LogP contribution in [-0.2, 0) is 6.61 Å². The summed E-state index contributed by atoms with van der Waals surface area (Å²) in [5, 5.41) is 0. The number of aryl methyl sites for hydroxylation is 2. The molecule has 0 saturated carbocycles. The van der Waals surface area contributed by atoms with Crippen molar-refractivity contribution in [2.75, 3.05) is 0 Å². The van der Waals surface area contributed by atoms with E-state index < -0.39 is 0 Å². The predicted octanol–water partition coefficient (Wildman–Crippen LogP) is -0.776. The Bertz CT molecular complexity index is 451. The Morgan fingerprint density at radius 3 is 2.18 bits per heavy atom. The zero-order valence-corrected chi connectivity index (χ0v) is 11.6. The third-order valence-electron chi connectivity index (χ3n) is 2.34. The number of hydrogen-bond acceptors (Lipinski definition) is 1. The first-order valence-electron chi connectivity index (χ1n) is 5.41. The van der Waals surface area contributed by atoms with Gasteiger partial charge in [-0.25, -0.2) is 0 Å². The highest BCUT2D eigenvalue weighted by Gasteiger charge is 2.04. The molecule has 0 unspecified atom stereocenters. The fraction of sp³-hybridized carbons (Fsp3) is 0.214. The van der Waals surface area contributed by atoms with Crippen molar-refractivity contribution in [3.05, 3.63) is 65.5 Å². The van der Waals surface area contributed by atoms with Gasteiger partial charge in [-0.2, -0.15) is 0 Å². The lowest BCUT2D eigenvalue weighted by molar-refractivity contribution is -0.895. The molecule has 3 heteroatoms. The van der Waals surface area contributed by atoms with E-state index >= 15 is 0 Å². The molecule has 0 amide bonds. The Labute approximate surface area is 113 Å². The fourth-order valence-electron chi connectivity index (χ4n) is 1.67. The minimum atomic E-state index is 0. The fourth-order valence-corrected chi connectivity index (χ4v) is 1.67. The number of rotatable bonds is 3. The van der Waals surface area contributed by atoms with Crippen LogP contribution in [-0.4, -0.2) is 0 Å². The van der Waals surface area contributed by atoms with Crippen molar-refractivity contribution >= 4 is 0 Å². The van der Waals surface area contributed by atoms with Crippen LogP contribution in [0, 0.1) is 13.8 Å². The maximum atomic E-state index is 5.67. The highest BCUT2D eigenvalue weighted by atomic mass is 79.9. The van der Waals surface area contributed by atoms with E-state index in [9.17, 15) is 0 Å². The number of pyridine rings is 1. The Morgan fingerprint density at radius 1 is 1.00 bits per heavy atom. The summed E-state index contributed by atoms with van der Waals surface area (Å²) in [4.78, 5) is 5.67. The monoisotopic (exact) mass is 293 g/mol. The van der Waals surface area contributed by atoms with Crippen LogP contribution in [0.5, 0.6) is 0 Å². The molecule has 2 nitrogen and oxygen atoms in total. The lowest BCUT2D eigenvalue weighted by Crippen LogP contribution is -3.00. The van der Waals surface area contributed by atoms with Gasteiger partial charge in [0.25, 0.3) is 0 Å². The molecule has 0 atom stereocenters. The lowest BCUT2D eigenvalue weighted by atomic mass is 10.2. The first-order chi connectivity index (χ1) is 7.74. The van der Waals surface area contributed by atoms with Crippen LogP contribution in [0.2, 0.25) is 0 Å². The van der Waals surface area contributed by atoms with Crippen molar-refractivity contribution in [3.8, 4) is 0 Å². The molecule has 90 valence electrons. The maximum absolute atomic E-state index is 5.67. The molecule has 1 aromatic heterocycles. The predicted molar refractivity (Wildman–Crippen MR) is 62.8 cm³/mol. The van der Waals surface area contributed by atoms with Crippen LogP contribution in [0.25, 0.3) is 0 Å². The van der Waals surface area contributed by atoms with Crippen LogP contribution >= 0.6 is 0 Å². The molecular formula is C14H16BrNO. The molecule has 0 N–H and O–H groups in total.